The van der Waals surface area contributed by atoms with E-state index >= 15 is 0 Å². The first kappa shape index (κ1) is 42.2. The van der Waals surface area contributed by atoms with Crippen molar-refractivity contribution in [1.82, 2.24) is 0 Å². The molecule has 0 heterocycles. The zero-order chi connectivity index (χ0) is 30.5. The maximum atomic E-state index is 2.48. The predicted molar refractivity (Wildman–Crippen MR) is 217 cm³/mol. The fourth-order valence-electron chi connectivity index (χ4n) is 12.3. The molecule has 0 aromatic rings. The summed E-state index contributed by atoms with van der Waals surface area (Å²) in [6, 6.07) is 0. The topological polar surface area (TPSA) is 0 Å². The number of hydrogen-bond donors (Lipinski definition) is 0. The second kappa shape index (κ2) is 23.3. The van der Waals surface area contributed by atoms with Crippen LogP contribution in [0.25, 0.3) is 0 Å². The van der Waals surface area contributed by atoms with Crippen molar-refractivity contribution in [3.05, 3.63) is 12.2 Å². The van der Waals surface area contributed by atoms with E-state index < -0.39 is 0 Å². The Labute approximate surface area is 304 Å². The van der Waals surface area contributed by atoms with Crippen molar-refractivity contribution in [1.29, 1.82) is 0 Å². The van der Waals surface area contributed by atoms with Gasteiger partial charge in [-0.3, -0.25) is 0 Å². The lowest BCUT2D eigenvalue weighted by Crippen LogP contribution is -2.38. The SMILES string of the molecule is C.C.C.C1=CC2CCCC(C1)CCC2.C1C2CC3CC1CC(C2)C3.C1CC1.C1CC2CCCC(C1)CCC2.C1CCC2CCCCC2C1. The summed E-state index contributed by atoms with van der Waals surface area (Å²) in [5.74, 6) is 11.2. The maximum Gasteiger partial charge on any atom is -0.0234 e. The summed E-state index contributed by atoms with van der Waals surface area (Å²) in [7, 11) is 0. The molecule has 0 amide bonds. The van der Waals surface area contributed by atoms with Crippen LogP contribution in [0.2, 0.25) is 0 Å². The van der Waals surface area contributed by atoms with Crippen LogP contribution in [0.1, 0.15) is 234 Å². The Morgan fingerprint density at radius 2 is 0.583 bits per heavy atom. The molecule has 8 bridgehead atoms. The van der Waals surface area contributed by atoms with Crippen molar-refractivity contribution in [3.63, 3.8) is 0 Å². The van der Waals surface area contributed by atoms with Crippen LogP contribution in [0.3, 0.4) is 0 Å². The van der Waals surface area contributed by atoms with Crippen molar-refractivity contribution < 1.29 is 0 Å². The van der Waals surface area contributed by atoms with E-state index in [1.807, 2.05) is 0 Å². The molecular weight excluding hydrogens is 577 g/mol. The summed E-state index contributed by atoms with van der Waals surface area (Å²) in [5.41, 5.74) is 0. The summed E-state index contributed by atoms with van der Waals surface area (Å²) in [5, 5.41) is 0. The van der Waals surface area contributed by atoms with Crippen molar-refractivity contribution >= 4 is 0 Å². The highest BCUT2D eigenvalue weighted by Crippen LogP contribution is 2.53. The van der Waals surface area contributed by atoms with E-state index in [0.717, 1.165) is 35.5 Å². The highest BCUT2D eigenvalue weighted by Gasteiger charge is 2.41. The summed E-state index contributed by atoms with van der Waals surface area (Å²) in [6.07, 6.45) is 55.6. The van der Waals surface area contributed by atoms with Gasteiger partial charge in [0.2, 0.25) is 0 Å². The molecule has 48 heavy (non-hydrogen) atoms. The third-order valence-electron chi connectivity index (χ3n) is 14.7. The van der Waals surface area contributed by atoms with Crippen LogP contribution in [0.4, 0.5) is 0 Å². The summed E-state index contributed by atoms with van der Waals surface area (Å²) in [6.45, 7) is 0. The van der Waals surface area contributed by atoms with Crippen LogP contribution in [0.15, 0.2) is 12.2 Å². The van der Waals surface area contributed by atoms with Gasteiger partial charge in [-0.05, 0) is 117 Å². The molecule has 0 aliphatic heterocycles. The molecule has 13 aliphatic carbocycles. The summed E-state index contributed by atoms with van der Waals surface area (Å²) < 4.78 is 0. The van der Waals surface area contributed by atoms with E-state index in [0.29, 0.717) is 0 Å². The van der Waals surface area contributed by atoms with Gasteiger partial charge in [0.05, 0.1) is 0 Å². The lowest BCUT2D eigenvalue weighted by Gasteiger charge is -2.49. The third kappa shape index (κ3) is 14.8. The van der Waals surface area contributed by atoms with E-state index in [9.17, 15) is 0 Å². The fourth-order valence-corrected chi connectivity index (χ4v) is 12.3. The molecule has 13 aliphatic rings. The molecule has 0 unspecified atom stereocenters. The smallest absolute Gasteiger partial charge is 0.0234 e. The second-order valence-electron chi connectivity index (χ2n) is 18.7. The molecule has 0 aromatic carbocycles. The van der Waals surface area contributed by atoms with Gasteiger partial charge in [0.25, 0.3) is 0 Å². The van der Waals surface area contributed by atoms with Crippen LogP contribution in [-0.2, 0) is 0 Å². The Balaban J connectivity index is 0.000000165. The molecule has 0 spiro atoms. The van der Waals surface area contributed by atoms with Gasteiger partial charge < -0.3 is 0 Å². The zero-order valence-electron chi connectivity index (χ0n) is 30.3. The Hall–Kier alpha value is -0.260. The highest BCUT2D eigenvalue weighted by molar-refractivity contribution is 4.94. The van der Waals surface area contributed by atoms with Crippen LogP contribution in [0, 0.1) is 59.2 Å². The number of fused-ring (bicyclic) bond motifs is 12. The molecule has 11 fully saturated rings. The second-order valence-corrected chi connectivity index (χ2v) is 18.7. The van der Waals surface area contributed by atoms with Crippen LogP contribution in [0.5, 0.6) is 0 Å². The van der Waals surface area contributed by atoms with E-state index in [-0.39, 0.29) is 22.3 Å². The molecule has 0 N–H and O–H groups in total. The van der Waals surface area contributed by atoms with Crippen LogP contribution in [-0.4, -0.2) is 0 Å². The minimum absolute atomic E-state index is 0. The number of hydrogen-bond acceptors (Lipinski definition) is 0. The van der Waals surface area contributed by atoms with Crippen molar-refractivity contribution in [2.75, 3.05) is 0 Å². The summed E-state index contributed by atoms with van der Waals surface area (Å²) >= 11 is 0. The lowest BCUT2D eigenvalue weighted by molar-refractivity contribution is 0.0198. The molecular formula is C48H90. The standard InChI is InChI=1S/C11H20.C11H18.C10H16.C10H18.C3H6.3CH4/c2*1-4-10-6-2-7-11(5-1)9-3-8-10;1-7-2-9-4-8(1)5-10(3-7)6-9;1-2-6-10-8-4-3-7-9(10)5-1;1-2-3-1;;;/h10-11H,1-9H2;1,4,10-11H,2-3,5-9H2;7-10H,1-6H2;9-10H,1-8H2;1-3H2;3*1H4. The minimum atomic E-state index is 0. The molecule has 13 rings (SSSR count). The first-order valence-corrected chi connectivity index (χ1v) is 21.9. The minimum Gasteiger partial charge on any atom is -0.0880 e. The van der Waals surface area contributed by atoms with Gasteiger partial charge in [0.1, 0.15) is 0 Å². The van der Waals surface area contributed by atoms with E-state index in [1.165, 1.54) is 133 Å². The average Bonchev–Trinajstić information content (AvgIpc) is 3.86. The molecule has 0 atom stereocenters. The monoisotopic (exact) mass is 667 g/mol. The molecule has 0 saturated heterocycles. The van der Waals surface area contributed by atoms with Crippen LogP contribution < -0.4 is 0 Å². The highest BCUT2D eigenvalue weighted by atomic mass is 14.5. The largest absolute Gasteiger partial charge is 0.0880 e. The van der Waals surface area contributed by atoms with Gasteiger partial charge in [-0.25, -0.2) is 0 Å². The van der Waals surface area contributed by atoms with E-state index in [2.05, 4.69) is 12.2 Å². The Morgan fingerprint density at radius 3 is 0.917 bits per heavy atom. The summed E-state index contributed by atoms with van der Waals surface area (Å²) in [4.78, 5) is 0. The van der Waals surface area contributed by atoms with Crippen LogP contribution >= 0.6 is 0 Å². The van der Waals surface area contributed by atoms with Gasteiger partial charge in [-0.1, -0.05) is 189 Å². The number of allylic oxidation sites excluding steroid dienone is 2. The van der Waals surface area contributed by atoms with Crippen molar-refractivity contribution in [2.45, 2.75) is 234 Å². The third-order valence-corrected chi connectivity index (χ3v) is 14.7. The lowest BCUT2D eigenvalue weighted by atomic mass is 9.56. The molecule has 0 aromatic heterocycles. The van der Waals surface area contributed by atoms with Gasteiger partial charge in [-0.15, -0.1) is 0 Å². The van der Waals surface area contributed by atoms with Crippen molar-refractivity contribution in [3.8, 4) is 0 Å². The molecule has 0 radical (unpaired) electrons. The first-order chi connectivity index (χ1) is 22.3. The number of rotatable bonds is 0. The predicted octanol–water partition coefficient (Wildman–Crippen LogP) is 16.6. The molecule has 11 saturated carbocycles. The molecule has 282 valence electrons. The van der Waals surface area contributed by atoms with Gasteiger partial charge in [-0.2, -0.15) is 0 Å². The molecule has 0 heteroatoms. The Kier molecular flexibility index (Phi) is 20.5. The fraction of sp³-hybridized carbons (Fsp3) is 0.958. The van der Waals surface area contributed by atoms with Gasteiger partial charge in [0.15, 0.2) is 0 Å². The normalized spacial score (nSPS) is 39.7. The maximum absolute atomic E-state index is 2.48. The van der Waals surface area contributed by atoms with Gasteiger partial charge in [0, 0.05) is 0 Å². The Morgan fingerprint density at radius 1 is 0.271 bits per heavy atom. The first-order valence-electron chi connectivity index (χ1n) is 21.9. The zero-order valence-corrected chi connectivity index (χ0v) is 30.3. The average molecular weight is 667 g/mol. The molecule has 0 nitrogen and oxygen atoms in total. The Bertz CT molecular complexity index is 689. The van der Waals surface area contributed by atoms with Gasteiger partial charge >= 0.3 is 0 Å². The van der Waals surface area contributed by atoms with Crippen molar-refractivity contribution in [2.24, 2.45) is 59.2 Å². The van der Waals surface area contributed by atoms with E-state index in [1.54, 1.807) is 103 Å². The van der Waals surface area contributed by atoms with E-state index in [4.69, 9.17) is 0 Å². The quantitative estimate of drug-likeness (QED) is 0.226.